The maximum Gasteiger partial charge on any atom is 0.303 e. The van der Waals surface area contributed by atoms with Crippen LogP contribution in [0.5, 0.6) is 0 Å². The first-order valence-corrected chi connectivity index (χ1v) is 30.8. The number of amides is 11. The number of nitrogens with zero attached hydrogens (tertiary/aromatic N) is 7. The summed E-state index contributed by atoms with van der Waals surface area (Å²) >= 11 is 0. The summed E-state index contributed by atoms with van der Waals surface area (Å²) in [5.41, 5.74) is 0. The number of aldehydes is 1. The highest BCUT2D eigenvalue weighted by Gasteiger charge is 2.47. The first-order chi connectivity index (χ1) is 40.1. The molecule has 1 heterocycles. The van der Waals surface area contributed by atoms with Crippen molar-refractivity contribution in [3.8, 4) is 0 Å². The minimum Gasteiger partial charge on any atom is -0.459 e. The molecule has 4 N–H and O–H groups in total. The van der Waals surface area contributed by atoms with Gasteiger partial charge in [0, 0.05) is 68.6 Å². The molecule has 25 nitrogen and oxygen atoms in total. The predicted octanol–water partition coefficient (Wildman–Crippen LogP) is 2.46. The van der Waals surface area contributed by atoms with E-state index in [1.165, 1.54) is 87.7 Å². The molecule has 1 fully saturated rings. The Balaban J connectivity index is 4.41. The van der Waals surface area contributed by atoms with Crippen molar-refractivity contribution in [2.45, 2.75) is 223 Å². The van der Waals surface area contributed by atoms with Gasteiger partial charge in [-0.1, -0.05) is 96.9 Å². The number of hydrogen-bond donors (Lipinski definition) is 4. The second-order valence-electron chi connectivity index (χ2n) is 26.3. The SMILES string of the molecule is CCC1NC(=O)C(C(OC(C)=O)C(C)CC=O)N(C)C(=O)C(C(C)C)N(C)C(=O)C(CC(C)C)N(C)C(=O)C(CC(C)C)N(C)C(=O)C(C)NC(=O)C(C)NC(=O)C(CC(C)C)N(C)C(=O)C(C(C)C)NC(=O)C(CC(C)C)N(C)C(=O)CN(C)C1=O. The summed E-state index contributed by atoms with van der Waals surface area (Å²) < 4.78 is 5.76. The van der Waals surface area contributed by atoms with Crippen LogP contribution in [0.3, 0.4) is 0 Å². The number of esters is 1. The molecule has 0 aromatic carbocycles. The largest absolute Gasteiger partial charge is 0.459 e. The number of hydrogen-bond acceptors (Lipinski definition) is 14. The Hall–Kier alpha value is -6.69. The maximum atomic E-state index is 15.3. The van der Waals surface area contributed by atoms with Crippen LogP contribution in [0.2, 0.25) is 0 Å². The van der Waals surface area contributed by atoms with Crippen LogP contribution in [0, 0.1) is 41.4 Å². The van der Waals surface area contributed by atoms with Gasteiger partial charge in [0.15, 0.2) is 0 Å². The molecule has 87 heavy (non-hydrogen) atoms. The fraction of sp³-hybridized carbons (Fsp3) is 0.790. The summed E-state index contributed by atoms with van der Waals surface area (Å²) in [6, 6.07) is -12.8. The van der Waals surface area contributed by atoms with E-state index in [4.69, 9.17) is 4.74 Å². The molecule has 0 aromatic rings. The Labute approximate surface area is 518 Å². The van der Waals surface area contributed by atoms with Gasteiger partial charge >= 0.3 is 5.97 Å². The summed E-state index contributed by atoms with van der Waals surface area (Å²) in [6.45, 7) is 28.0. The minimum atomic E-state index is -1.73. The molecular weight excluding hydrogens is 1120 g/mol. The van der Waals surface area contributed by atoms with Gasteiger partial charge < -0.3 is 65.1 Å². The second-order valence-corrected chi connectivity index (χ2v) is 26.3. The highest BCUT2D eigenvalue weighted by Crippen LogP contribution is 2.26. The first-order valence-electron chi connectivity index (χ1n) is 30.8. The van der Waals surface area contributed by atoms with Crippen LogP contribution in [0.15, 0.2) is 0 Å². The molecule has 1 rings (SSSR count). The zero-order valence-electron chi connectivity index (χ0n) is 56.8. The van der Waals surface area contributed by atoms with Crippen LogP contribution < -0.4 is 21.3 Å². The highest BCUT2D eigenvalue weighted by molar-refractivity contribution is 5.99. The molecule has 0 saturated carbocycles. The van der Waals surface area contributed by atoms with Crippen LogP contribution in [-0.2, 0) is 67.1 Å². The fourth-order valence-electron chi connectivity index (χ4n) is 10.8. The number of nitrogens with one attached hydrogen (secondary N) is 4. The van der Waals surface area contributed by atoms with E-state index in [0.29, 0.717) is 6.29 Å². The highest BCUT2D eigenvalue weighted by atomic mass is 16.5. The van der Waals surface area contributed by atoms with E-state index in [0.717, 1.165) is 16.7 Å². The molecule has 0 bridgehead atoms. The molecule has 0 radical (unpaired) electrons. The second kappa shape index (κ2) is 35.3. The van der Waals surface area contributed by atoms with E-state index in [-0.39, 0.29) is 62.2 Å². The van der Waals surface area contributed by atoms with Gasteiger partial charge in [-0.05, 0) is 81.5 Å². The van der Waals surface area contributed by atoms with Crippen molar-refractivity contribution in [2.75, 3.05) is 55.9 Å². The van der Waals surface area contributed by atoms with E-state index in [1.54, 1.807) is 41.5 Å². The van der Waals surface area contributed by atoms with E-state index in [2.05, 4.69) is 21.3 Å². The van der Waals surface area contributed by atoms with Gasteiger partial charge in [0.2, 0.25) is 65.0 Å². The van der Waals surface area contributed by atoms with E-state index < -0.39 is 162 Å². The topological polar surface area (TPSA) is 302 Å². The molecule has 12 unspecified atom stereocenters. The normalized spacial score (nSPS) is 26.3. The molecule has 1 aliphatic heterocycles. The quantitative estimate of drug-likeness (QED) is 0.128. The smallest absolute Gasteiger partial charge is 0.303 e. The monoisotopic (exact) mass is 1230 g/mol. The lowest BCUT2D eigenvalue weighted by Crippen LogP contribution is -2.64. The molecule has 11 amide bonds. The van der Waals surface area contributed by atoms with Gasteiger partial charge in [0.1, 0.15) is 72.8 Å². The maximum absolute atomic E-state index is 15.3. The zero-order chi connectivity index (χ0) is 67.6. The van der Waals surface area contributed by atoms with Gasteiger partial charge in [-0.15, -0.1) is 0 Å². The van der Waals surface area contributed by atoms with Crippen molar-refractivity contribution in [2.24, 2.45) is 41.4 Å². The average molecular weight is 1230 g/mol. The Kier molecular flexibility index (Phi) is 31.8. The first kappa shape index (κ1) is 78.3. The fourth-order valence-corrected chi connectivity index (χ4v) is 10.8. The van der Waals surface area contributed by atoms with E-state index >= 15 is 14.4 Å². The van der Waals surface area contributed by atoms with Crippen molar-refractivity contribution in [3.63, 3.8) is 0 Å². The van der Waals surface area contributed by atoms with Crippen LogP contribution in [0.25, 0.3) is 0 Å². The summed E-state index contributed by atoms with van der Waals surface area (Å²) in [5, 5.41) is 10.9. The number of carbonyl (C=O) groups is 13. The predicted molar refractivity (Wildman–Crippen MR) is 329 cm³/mol. The zero-order valence-corrected chi connectivity index (χ0v) is 56.8. The molecule has 496 valence electrons. The molecule has 0 spiro atoms. The summed E-state index contributed by atoms with van der Waals surface area (Å²) in [7, 11) is 9.66. The molecule has 0 aromatic heterocycles. The Morgan fingerprint density at radius 1 is 0.483 bits per heavy atom. The third kappa shape index (κ3) is 22.1. The lowest BCUT2D eigenvalue weighted by molar-refractivity contribution is -0.164. The van der Waals surface area contributed by atoms with E-state index in [9.17, 15) is 47.9 Å². The third-order valence-electron chi connectivity index (χ3n) is 16.1. The summed E-state index contributed by atoms with van der Waals surface area (Å²) in [4.78, 5) is 194. The molecule has 1 saturated heterocycles. The number of rotatable bonds is 16. The van der Waals surface area contributed by atoms with Gasteiger partial charge in [0.25, 0.3) is 0 Å². The van der Waals surface area contributed by atoms with Gasteiger partial charge in [-0.25, -0.2) is 0 Å². The van der Waals surface area contributed by atoms with Gasteiger partial charge in [0.05, 0.1) is 6.54 Å². The average Bonchev–Trinajstić information content (AvgIpc) is 1.40. The van der Waals surface area contributed by atoms with Crippen molar-refractivity contribution in [3.05, 3.63) is 0 Å². The van der Waals surface area contributed by atoms with Crippen molar-refractivity contribution < 1.29 is 67.1 Å². The minimum absolute atomic E-state index is 0.0487. The summed E-state index contributed by atoms with van der Waals surface area (Å²) in [5.74, 6) is -11.6. The standard InChI is InChI=1S/C62H109N11O14/c1-25-43-58(82)67(18)32-48(76)68(19)44(28-33(2)3)55(79)66-49(37(10)11)61(85)69(20)45(29-34(4)5)54(78)63-40(15)53(77)64-41(16)57(81)70(21)46(30-35(6)7)59(83)71(22)47(31-36(8)9)60(84)72(23)50(38(12)13)62(86)73(24)51(56(80)65-43)52(87-42(17)75)39(14)26-27-74/h27,33-41,43-47,49-52H,25-26,28-32H2,1-24H3,(H,63,78)(H,64,77)(H,65,80)(H,66,79). The third-order valence-corrected chi connectivity index (χ3v) is 16.1. The number of likely N-dealkylation sites (N-methyl/N-ethyl adjacent to an activating group) is 7. The summed E-state index contributed by atoms with van der Waals surface area (Å²) in [6.07, 6.45) is -0.709. The van der Waals surface area contributed by atoms with Gasteiger partial charge in [-0.3, -0.25) is 57.5 Å². The van der Waals surface area contributed by atoms with Crippen LogP contribution in [0.4, 0.5) is 0 Å². The van der Waals surface area contributed by atoms with E-state index in [1.807, 2.05) is 55.4 Å². The van der Waals surface area contributed by atoms with Crippen LogP contribution in [-0.4, -0.2) is 234 Å². The molecule has 1 aliphatic rings. The van der Waals surface area contributed by atoms with Crippen LogP contribution in [0.1, 0.15) is 156 Å². The molecule has 0 aliphatic carbocycles. The number of ether oxygens (including phenoxy) is 1. The lowest BCUT2D eigenvalue weighted by Gasteiger charge is -2.42. The number of carbonyl (C=O) groups excluding carboxylic acids is 13. The van der Waals surface area contributed by atoms with Crippen molar-refractivity contribution in [1.82, 2.24) is 55.6 Å². The Morgan fingerprint density at radius 2 is 0.897 bits per heavy atom. The Morgan fingerprint density at radius 3 is 1.33 bits per heavy atom. The lowest BCUT2D eigenvalue weighted by atomic mass is 9.91. The van der Waals surface area contributed by atoms with Crippen molar-refractivity contribution in [1.29, 1.82) is 0 Å². The molecular formula is C62H109N11O14. The van der Waals surface area contributed by atoms with Crippen LogP contribution >= 0.6 is 0 Å². The van der Waals surface area contributed by atoms with Crippen molar-refractivity contribution >= 4 is 77.2 Å². The molecule has 12 atom stereocenters. The van der Waals surface area contributed by atoms with Gasteiger partial charge in [-0.2, -0.15) is 0 Å². The Bertz CT molecular complexity index is 2420. The molecule has 25 heteroatoms.